The number of aromatic nitrogens is 3. The standard InChI is InChI=1S/C26H34N4O4S/c1-26(2,3)30-24(18-6-7-21(32-4)22(12-18)33-5)20(15-28-30)25-29-19(16-35-25)13-23(31)27-14-17-8-10-34-11-9-17/h6-7,12,15-17H,8-11,13-14H2,1-5H3,(H,27,31). The molecule has 0 aliphatic carbocycles. The average Bonchev–Trinajstić information content (AvgIpc) is 3.50. The highest BCUT2D eigenvalue weighted by Crippen LogP contribution is 2.40. The maximum absolute atomic E-state index is 12.5. The molecule has 0 radical (unpaired) electrons. The maximum atomic E-state index is 12.5. The first-order valence-electron chi connectivity index (χ1n) is 11.9. The van der Waals surface area contributed by atoms with Crippen molar-refractivity contribution >= 4 is 17.2 Å². The molecule has 3 heterocycles. The van der Waals surface area contributed by atoms with Gasteiger partial charge in [0.25, 0.3) is 0 Å². The summed E-state index contributed by atoms with van der Waals surface area (Å²) in [6.45, 7) is 8.60. The molecule has 4 rings (SSSR count). The van der Waals surface area contributed by atoms with Crippen LogP contribution in [0, 0.1) is 5.92 Å². The summed E-state index contributed by atoms with van der Waals surface area (Å²) < 4.78 is 18.4. The number of thiazole rings is 1. The van der Waals surface area contributed by atoms with Crippen LogP contribution < -0.4 is 14.8 Å². The van der Waals surface area contributed by atoms with Crippen molar-refractivity contribution in [2.45, 2.75) is 45.6 Å². The Morgan fingerprint density at radius 3 is 2.63 bits per heavy atom. The van der Waals surface area contributed by atoms with Crippen molar-refractivity contribution in [3.8, 4) is 33.3 Å². The van der Waals surface area contributed by atoms with Gasteiger partial charge in [-0.2, -0.15) is 5.10 Å². The lowest BCUT2D eigenvalue weighted by Crippen LogP contribution is -2.33. The van der Waals surface area contributed by atoms with Crippen LogP contribution in [-0.2, 0) is 21.5 Å². The minimum Gasteiger partial charge on any atom is -0.493 e. The van der Waals surface area contributed by atoms with Gasteiger partial charge < -0.3 is 19.5 Å². The molecule has 1 N–H and O–H groups in total. The fraction of sp³-hybridized carbons (Fsp3) is 0.500. The minimum absolute atomic E-state index is 0.00107. The SMILES string of the molecule is COc1ccc(-c2c(-c3nc(CC(=O)NCC4CCOCC4)cs3)cnn2C(C)(C)C)cc1OC. The number of nitrogens with one attached hydrogen (secondary N) is 1. The molecular weight excluding hydrogens is 464 g/mol. The van der Waals surface area contributed by atoms with E-state index in [2.05, 4.69) is 26.1 Å². The third kappa shape index (κ3) is 5.85. The largest absolute Gasteiger partial charge is 0.493 e. The third-order valence-electron chi connectivity index (χ3n) is 6.11. The Labute approximate surface area is 210 Å². The van der Waals surface area contributed by atoms with Crippen LogP contribution in [0.3, 0.4) is 0 Å². The first-order valence-corrected chi connectivity index (χ1v) is 12.8. The molecule has 0 bridgehead atoms. The molecule has 8 nitrogen and oxygen atoms in total. The molecular formula is C26H34N4O4S. The summed E-state index contributed by atoms with van der Waals surface area (Å²) in [5, 5.41) is 10.6. The zero-order valence-electron chi connectivity index (χ0n) is 21.1. The highest BCUT2D eigenvalue weighted by Gasteiger charge is 2.25. The van der Waals surface area contributed by atoms with E-state index >= 15 is 0 Å². The van der Waals surface area contributed by atoms with Crippen LogP contribution in [-0.4, -0.2) is 54.6 Å². The number of amides is 1. The number of methoxy groups -OCH3 is 2. The van der Waals surface area contributed by atoms with Crippen LogP contribution in [0.4, 0.5) is 0 Å². The van der Waals surface area contributed by atoms with Gasteiger partial charge in [0.2, 0.25) is 5.91 Å². The molecule has 9 heteroatoms. The molecule has 3 aromatic rings. The summed E-state index contributed by atoms with van der Waals surface area (Å²) in [6.07, 6.45) is 4.11. The Morgan fingerprint density at radius 2 is 1.94 bits per heavy atom. The number of nitrogens with zero attached hydrogens (tertiary/aromatic N) is 3. The molecule has 1 aliphatic rings. The van der Waals surface area contributed by atoms with E-state index in [1.165, 1.54) is 11.3 Å². The molecule has 2 aromatic heterocycles. The maximum Gasteiger partial charge on any atom is 0.226 e. The lowest BCUT2D eigenvalue weighted by atomic mass is 10.0. The van der Waals surface area contributed by atoms with Crippen molar-refractivity contribution in [3.63, 3.8) is 0 Å². The Balaban J connectivity index is 1.58. The normalized spacial score (nSPS) is 14.7. The Morgan fingerprint density at radius 1 is 1.20 bits per heavy atom. The van der Waals surface area contributed by atoms with Crippen LogP contribution in [0.25, 0.3) is 21.8 Å². The highest BCUT2D eigenvalue weighted by molar-refractivity contribution is 7.13. The molecule has 1 fully saturated rings. The van der Waals surface area contributed by atoms with Crippen molar-refractivity contribution in [1.29, 1.82) is 0 Å². The summed E-state index contributed by atoms with van der Waals surface area (Å²) in [7, 11) is 3.25. The number of ether oxygens (including phenoxy) is 3. The molecule has 0 atom stereocenters. The molecule has 0 saturated carbocycles. The van der Waals surface area contributed by atoms with Crippen LogP contribution >= 0.6 is 11.3 Å². The predicted octanol–water partition coefficient (Wildman–Crippen LogP) is 4.53. The molecule has 1 aromatic carbocycles. The lowest BCUT2D eigenvalue weighted by Gasteiger charge is -2.23. The van der Waals surface area contributed by atoms with E-state index in [1.54, 1.807) is 14.2 Å². The first-order chi connectivity index (χ1) is 16.8. The monoisotopic (exact) mass is 498 g/mol. The minimum atomic E-state index is -0.245. The molecule has 1 amide bonds. The van der Waals surface area contributed by atoms with E-state index in [9.17, 15) is 4.79 Å². The van der Waals surface area contributed by atoms with E-state index in [0.29, 0.717) is 24.0 Å². The Kier molecular flexibility index (Phi) is 7.76. The van der Waals surface area contributed by atoms with Gasteiger partial charge in [-0.1, -0.05) is 0 Å². The van der Waals surface area contributed by atoms with Gasteiger partial charge in [-0.05, 0) is 57.7 Å². The second-order valence-electron chi connectivity index (χ2n) is 9.74. The number of hydrogen-bond acceptors (Lipinski definition) is 7. The summed E-state index contributed by atoms with van der Waals surface area (Å²) in [5.74, 6) is 1.81. The first kappa shape index (κ1) is 25.2. The van der Waals surface area contributed by atoms with E-state index in [4.69, 9.17) is 24.3 Å². The zero-order chi connectivity index (χ0) is 25.0. The number of benzene rings is 1. The fourth-order valence-electron chi connectivity index (χ4n) is 4.22. The van der Waals surface area contributed by atoms with Crippen molar-refractivity contribution in [2.75, 3.05) is 34.0 Å². The van der Waals surface area contributed by atoms with Gasteiger partial charge in [-0.3, -0.25) is 9.48 Å². The average molecular weight is 499 g/mol. The molecule has 0 unspecified atom stereocenters. The topological polar surface area (TPSA) is 87.5 Å². The number of hydrogen-bond donors (Lipinski definition) is 1. The van der Waals surface area contributed by atoms with Gasteiger partial charge in [-0.25, -0.2) is 4.98 Å². The van der Waals surface area contributed by atoms with Crippen LogP contribution in [0.2, 0.25) is 0 Å². The second-order valence-corrected chi connectivity index (χ2v) is 10.6. The van der Waals surface area contributed by atoms with Gasteiger partial charge >= 0.3 is 0 Å². The fourth-order valence-corrected chi connectivity index (χ4v) is 5.05. The van der Waals surface area contributed by atoms with E-state index in [1.807, 2.05) is 34.5 Å². The van der Waals surface area contributed by atoms with Crippen LogP contribution in [0.15, 0.2) is 29.8 Å². The van der Waals surface area contributed by atoms with E-state index in [0.717, 1.165) is 53.6 Å². The smallest absolute Gasteiger partial charge is 0.226 e. The van der Waals surface area contributed by atoms with Gasteiger partial charge in [0.05, 0.1) is 49.3 Å². The molecule has 188 valence electrons. The highest BCUT2D eigenvalue weighted by atomic mass is 32.1. The van der Waals surface area contributed by atoms with Gasteiger partial charge in [0.15, 0.2) is 11.5 Å². The van der Waals surface area contributed by atoms with Crippen LogP contribution in [0.1, 0.15) is 39.3 Å². The summed E-state index contributed by atoms with van der Waals surface area (Å²) in [4.78, 5) is 17.3. The Bertz CT molecular complexity index is 1160. The summed E-state index contributed by atoms with van der Waals surface area (Å²) in [6, 6.07) is 5.86. The predicted molar refractivity (Wildman–Crippen MR) is 137 cm³/mol. The second kappa shape index (κ2) is 10.8. The number of carbonyl (C=O) groups excluding carboxylic acids is 1. The lowest BCUT2D eigenvalue weighted by molar-refractivity contribution is -0.120. The molecule has 0 spiro atoms. The van der Waals surface area contributed by atoms with Gasteiger partial charge in [0, 0.05) is 30.7 Å². The number of carbonyl (C=O) groups is 1. The van der Waals surface area contributed by atoms with Crippen molar-refractivity contribution < 1.29 is 19.0 Å². The summed E-state index contributed by atoms with van der Waals surface area (Å²) >= 11 is 1.52. The quantitative estimate of drug-likeness (QED) is 0.491. The van der Waals surface area contributed by atoms with Crippen molar-refractivity contribution in [2.24, 2.45) is 5.92 Å². The zero-order valence-corrected chi connectivity index (χ0v) is 21.9. The van der Waals surface area contributed by atoms with Gasteiger partial charge in [-0.15, -0.1) is 11.3 Å². The van der Waals surface area contributed by atoms with Crippen molar-refractivity contribution in [3.05, 3.63) is 35.5 Å². The molecule has 1 saturated heterocycles. The van der Waals surface area contributed by atoms with Gasteiger partial charge in [0.1, 0.15) is 5.01 Å². The van der Waals surface area contributed by atoms with Crippen molar-refractivity contribution in [1.82, 2.24) is 20.1 Å². The van der Waals surface area contributed by atoms with E-state index < -0.39 is 0 Å². The molecule has 1 aliphatic heterocycles. The summed E-state index contributed by atoms with van der Waals surface area (Å²) in [5.41, 5.74) is 3.34. The van der Waals surface area contributed by atoms with E-state index in [-0.39, 0.29) is 17.9 Å². The molecule has 35 heavy (non-hydrogen) atoms. The van der Waals surface area contributed by atoms with Crippen LogP contribution in [0.5, 0.6) is 11.5 Å². The number of rotatable bonds is 8. The Hall–Kier alpha value is -2.91. The third-order valence-corrected chi connectivity index (χ3v) is 7.04.